The number of nitrogens with one attached hydrogen (secondary N) is 1. The predicted octanol–water partition coefficient (Wildman–Crippen LogP) is 2.18. The number of piperidine rings is 1. The van der Waals surface area contributed by atoms with Crippen LogP contribution in [0.2, 0.25) is 0 Å². The van der Waals surface area contributed by atoms with Gasteiger partial charge in [0.25, 0.3) is 5.91 Å². The van der Waals surface area contributed by atoms with Crippen molar-refractivity contribution in [2.24, 2.45) is 5.10 Å². The summed E-state index contributed by atoms with van der Waals surface area (Å²) in [6.45, 7) is 6.93. The number of benzene rings is 1. The Kier molecular flexibility index (Phi) is 4.43. The summed E-state index contributed by atoms with van der Waals surface area (Å²) in [7, 11) is 2.10. The molecule has 0 saturated carbocycles. The highest BCUT2D eigenvalue weighted by atomic mass is 16.2. The molecule has 1 aliphatic heterocycles. The van der Waals surface area contributed by atoms with Crippen LogP contribution in [-0.4, -0.2) is 46.2 Å². The summed E-state index contributed by atoms with van der Waals surface area (Å²) >= 11 is 0. The molecule has 1 N–H and O–H groups in total. The molecule has 1 aromatic carbocycles. The summed E-state index contributed by atoms with van der Waals surface area (Å²) in [5, 5.41) is 4.28. The fraction of sp³-hybridized carbons (Fsp3) is 0.471. The molecule has 6 nitrogen and oxygen atoms in total. The number of carbonyl (C=O) groups is 1. The molecule has 0 atom stereocenters. The second-order valence-corrected chi connectivity index (χ2v) is 6.03. The molecule has 0 unspecified atom stereocenters. The molecule has 2 heterocycles. The van der Waals surface area contributed by atoms with Crippen molar-refractivity contribution in [2.75, 3.05) is 20.1 Å². The van der Waals surface area contributed by atoms with Crippen LogP contribution in [-0.2, 0) is 6.54 Å². The van der Waals surface area contributed by atoms with Crippen molar-refractivity contribution in [1.82, 2.24) is 19.9 Å². The van der Waals surface area contributed by atoms with E-state index in [0.717, 1.165) is 55.0 Å². The standard InChI is InChI=1S/C17H23N5O/c1-4-22-12(2)18-15-11-13(5-6-16(15)22)17(23)20-19-14-7-9-21(3)10-8-14/h5-6,11H,4,7-10H2,1-3H3,(H,20,23). The zero-order chi connectivity index (χ0) is 16.4. The first-order chi connectivity index (χ1) is 11.1. The van der Waals surface area contributed by atoms with E-state index in [-0.39, 0.29) is 5.91 Å². The van der Waals surface area contributed by atoms with Gasteiger partial charge >= 0.3 is 0 Å². The molecular formula is C17H23N5O. The van der Waals surface area contributed by atoms with E-state index in [4.69, 9.17) is 0 Å². The van der Waals surface area contributed by atoms with Crippen LogP contribution in [0.3, 0.4) is 0 Å². The zero-order valence-electron chi connectivity index (χ0n) is 14.0. The minimum absolute atomic E-state index is 0.179. The van der Waals surface area contributed by atoms with Gasteiger partial charge in [0.05, 0.1) is 11.0 Å². The highest BCUT2D eigenvalue weighted by molar-refractivity contribution is 5.98. The summed E-state index contributed by atoms with van der Waals surface area (Å²) in [5.74, 6) is 0.786. The fourth-order valence-corrected chi connectivity index (χ4v) is 2.97. The number of rotatable bonds is 3. The molecular weight excluding hydrogens is 290 g/mol. The van der Waals surface area contributed by atoms with Crippen molar-refractivity contribution in [1.29, 1.82) is 0 Å². The Hall–Kier alpha value is -2.21. The number of aryl methyl sites for hydroxylation is 2. The number of nitrogens with zero attached hydrogens (tertiary/aromatic N) is 4. The van der Waals surface area contributed by atoms with E-state index in [1.807, 2.05) is 25.1 Å². The maximum absolute atomic E-state index is 12.3. The van der Waals surface area contributed by atoms with Crippen LogP contribution in [0.4, 0.5) is 0 Å². The van der Waals surface area contributed by atoms with Crippen LogP contribution >= 0.6 is 0 Å². The molecule has 0 aliphatic carbocycles. The van der Waals surface area contributed by atoms with Crippen LogP contribution in [0, 0.1) is 6.92 Å². The molecule has 1 aromatic heterocycles. The molecule has 2 aromatic rings. The first-order valence-corrected chi connectivity index (χ1v) is 8.09. The topological polar surface area (TPSA) is 62.5 Å². The lowest BCUT2D eigenvalue weighted by molar-refractivity contribution is 0.0954. The van der Waals surface area contributed by atoms with Gasteiger partial charge in [0.15, 0.2) is 0 Å². The van der Waals surface area contributed by atoms with Gasteiger partial charge in [0.1, 0.15) is 5.82 Å². The third kappa shape index (κ3) is 3.27. The van der Waals surface area contributed by atoms with Gasteiger partial charge in [-0.1, -0.05) is 0 Å². The lowest BCUT2D eigenvalue weighted by Crippen LogP contribution is -2.32. The minimum atomic E-state index is -0.179. The second kappa shape index (κ2) is 6.50. The number of hydrogen-bond donors (Lipinski definition) is 1. The van der Waals surface area contributed by atoms with Crippen LogP contribution in [0.1, 0.15) is 35.9 Å². The van der Waals surface area contributed by atoms with Gasteiger partial charge in [-0.2, -0.15) is 5.10 Å². The smallest absolute Gasteiger partial charge is 0.271 e. The maximum Gasteiger partial charge on any atom is 0.271 e. The van der Waals surface area contributed by atoms with Crippen LogP contribution in [0.25, 0.3) is 11.0 Å². The number of fused-ring (bicyclic) bond motifs is 1. The number of hydrazone groups is 1. The Morgan fingerprint density at radius 1 is 1.35 bits per heavy atom. The highest BCUT2D eigenvalue weighted by Gasteiger charge is 2.13. The lowest BCUT2D eigenvalue weighted by atomic mass is 10.1. The molecule has 0 radical (unpaired) electrons. The van der Waals surface area contributed by atoms with Crippen LogP contribution < -0.4 is 5.43 Å². The Morgan fingerprint density at radius 3 is 2.78 bits per heavy atom. The number of hydrogen-bond acceptors (Lipinski definition) is 4. The van der Waals surface area contributed by atoms with E-state index in [9.17, 15) is 4.79 Å². The van der Waals surface area contributed by atoms with Gasteiger partial charge in [-0.3, -0.25) is 4.79 Å². The SMILES string of the molecule is CCn1c(C)nc2cc(C(=O)NN=C3CCN(C)CC3)ccc21. The van der Waals surface area contributed by atoms with E-state index >= 15 is 0 Å². The molecule has 0 bridgehead atoms. The van der Waals surface area contributed by atoms with Crippen molar-refractivity contribution in [3.8, 4) is 0 Å². The number of likely N-dealkylation sites (tertiary alicyclic amines) is 1. The molecule has 1 saturated heterocycles. The largest absolute Gasteiger partial charge is 0.329 e. The van der Waals surface area contributed by atoms with E-state index in [1.165, 1.54) is 0 Å². The van der Waals surface area contributed by atoms with Crippen LogP contribution in [0.15, 0.2) is 23.3 Å². The number of imidazole rings is 1. The molecule has 0 spiro atoms. The highest BCUT2D eigenvalue weighted by Crippen LogP contribution is 2.17. The Labute approximate surface area is 136 Å². The average Bonchev–Trinajstić information content (AvgIpc) is 2.88. The summed E-state index contributed by atoms with van der Waals surface area (Å²) in [4.78, 5) is 19.1. The average molecular weight is 313 g/mol. The maximum atomic E-state index is 12.3. The van der Waals surface area contributed by atoms with Gasteiger partial charge in [0.2, 0.25) is 0 Å². The third-order valence-corrected chi connectivity index (χ3v) is 4.40. The van der Waals surface area contributed by atoms with Crippen molar-refractivity contribution in [2.45, 2.75) is 33.2 Å². The lowest BCUT2D eigenvalue weighted by Gasteiger charge is -2.22. The summed E-state index contributed by atoms with van der Waals surface area (Å²) < 4.78 is 2.13. The number of amides is 1. The van der Waals surface area contributed by atoms with E-state index in [2.05, 4.69) is 38.9 Å². The Balaban J connectivity index is 1.75. The van der Waals surface area contributed by atoms with Gasteiger partial charge < -0.3 is 9.47 Å². The van der Waals surface area contributed by atoms with Gasteiger partial charge in [-0.15, -0.1) is 0 Å². The van der Waals surface area contributed by atoms with E-state index in [0.29, 0.717) is 5.56 Å². The predicted molar refractivity (Wildman–Crippen MR) is 91.8 cm³/mol. The monoisotopic (exact) mass is 313 g/mol. The zero-order valence-corrected chi connectivity index (χ0v) is 14.0. The fourth-order valence-electron chi connectivity index (χ4n) is 2.97. The number of carbonyl (C=O) groups excluding carboxylic acids is 1. The Morgan fingerprint density at radius 2 is 2.09 bits per heavy atom. The van der Waals surface area contributed by atoms with E-state index in [1.54, 1.807) is 0 Å². The first kappa shape index (κ1) is 15.7. The number of aromatic nitrogens is 2. The normalized spacial score (nSPS) is 15.9. The van der Waals surface area contributed by atoms with Crippen molar-refractivity contribution < 1.29 is 4.79 Å². The third-order valence-electron chi connectivity index (χ3n) is 4.40. The summed E-state index contributed by atoms with van der Waals surface area (Å²) in [6.07, 6.45) is 1.83. The van der Waals surface area contributed by atoms with E-state index < -0.39 is 0 Å². The minimum Gasteiger partial charge on any atom is -0.329 e. The summed E-state index contributed by atoms with van der Waals surface area (Å²) in [6, 6.07) is 5.62. The molecule has 122 valence electrons. The first-order valence-electron chi connectivity index (χ1n) is 8.09. The second-order valence-electron chi connectivity index (χ2n) is 6.03. The van der Waals surface area contributed by atoms with Gasteiger partial charge in [-0.05, 0) is 39.1 Å². The van der Waals surface area contributed by atoms with Crippen molar-refractivity contribution in [3.63, 3.8) is 0 Å². The molecule has 1 amide bonds. The Bertz CT molecular complexity index is 752. The van der Waals surface area contributed by atoms with Crippen molar-refractivity contribution >= 4 is 22.7 Å². The van der Waals surface area contributed by atoms with Crippen molar-refractivity contribution in [3.05, 3.63) is 29.6 Å². The molecule has 6 heteroatoms. The molecule has 1 fully saturated rings. The molecule has 23 heavy (non-hydrogen) atoms. The van der Waals surface area contributed by atoms with Crippen LogP contribution in [0.5, 0.6) is 0 Å². The quantitative estimate of drug-likeness (QED) is 0.883. The summed E-state index contributed by atoms with van der Waals surface area (Å²) in [5.41, 5.74) is 6.24. The van der Waals surface area contributed by atoms with Gasteiger partial charge in [0, 0.05) is 43.8 Å². The van der Waals surface area contributed by atoms with Gasteiger partial charge in [-0.25, -0.2) is 10.4 Å². The molecule has 1 aliphatic rings. The molecule has 3 rings (SSSR count).